The molecule has 2 N–H and O–H groups in total. The SMILES string of the molecule is CN(C)[C@@H](CNC(=O)Cc1n[nH]c(=O)c2ccccc12)c1cccc(F)c1. The minimum Gasteiger partial charge on any atom is -0.354 e. The molecule has 0 saturated carbocycles. The van der Waals surface area contributed by atoms with Gasteiger partial charge in [0.2, 0.25) is 5.91 Å². The Bertz CT molecular complexity index is 1020. The number of carbonyl (C=O) groups excluding carboxylic acids is 1. The molecule has 0 bridgehead atoms. The zero-order chi connectivity index (χ0) is 19.4. The number of nitrogens with one attached hydrogen (secondary N) is 2. The van der Waals surface area contributed by atoms with Crippen LogP contribution in [0.3, 0.4) is 0 Å². The summed E-state index contributed by atoms with van der Waals surface area (Å²) in [7, 11) is 3.75. The average molecular weight is 368 g/mol. The third kappa shape index (κ3) is 4.38. The highest BCUT2D eigenvalue weighted by molar-refractivity contribution is 5.88. The van der Waals surface area contributed by atoms with E-state index in [1.807, 2.05) is 25.1 Å². The monoisotopic (exact) mass is 368 g/mol. The maximum Gasteiger partial charge on any atom is 0.272 e. The van der Waals surface area contributed by atoms with Gasteiger partial charge >= 0.3 is 0 Å². The molecule has 0 aliphatic rings. The molecule has 0 aliphatic heterocycles. The van der Waals surface area contributed by atoms with Gasteiger partial charge in [0, 0.05) is 11.9 Å². The van der Waals surface area contributed by atoms with Gasteiger partial charge in [-0.25, -0.2) is 9.49 Å². The van der Waals surface area contributed by atoms with Crippen LogP contribution >= 0.6 is 0 Å². The van der Waals surface area contributed by atoms with Crippen LogP contribution in [0.25, 0.3) is 10.8 Å². The van der Waals surface area contributed by atoms with Crippen LogP contribution in [0.2, 0.25) is 0 Å². The number of likely N-dealkylation sites (N-methyl/N-ethyl adjacent to an activating group) is 1. The maximum atomic E-state index is 13.5. The summed E-state index contributed by atoms with van der Waals surface area (Å²) in [6, 6.07) is 13.2. The minimum atomic E-state index is -0.311. The molecule has 0 aliphatic carbocycles. The number of carbonyl (C=O) groups is 1. The van der Waals surface area contributed by atoms with Crippen LogP contribution in [0.4, 0.5) is 4.39 Å². The largest absolute Gasteiger partial charge is 0.354 e. The van der Waals surface area contributed by atoms with Crippen LogP contribution in [0.5, 0.6) is 0 Å². The fourth-order valence-corrected chi connectivity index (χ4v) is 3.04. The van der Waals surface area contributed by atoms with E-state index in [4.69, 9.17) is 0 Å². The predicted molar refractivity (Wildman–Crippen MR) is 102 cm³/mol. The molecule has 0 saturated heterocycles. The average Bonchev–Trinajstić information content (AvgIpc) is 2.64. The molecular weight excluding hydrogens is 347 g/mol. The molecule has 2 aromatic carbocycles. The molecule has 1 atom stereocenters. The standard InChI is InChI=1S/C20H21FN4O2/c1-25(2)18(13-6-5-7-14(21)10-13)12-22-19(26)11-17-15-8-3-4-9-16(15)20(27)24-23-17/h3-10,18H,11-12H2,1-2H3,(H,22,26)(H,24,27)/t18-/m0/s1. The van der Waals surface area contributed by atoms with E-state index in [1.165, 1.54) is 12.1 Å². The molecule has 140 valence electrons. The summed E-state index contributed by atoms with van der Waals surface area (Å²) in [6.45, 7) is 0.330. The summed E-state index contributed by atoms with van der Waals surface area (Å²) in [5.41, 5.74) is 1.01. The Hall–Kier alpha value is -3.06. The lowest BCUT2D eigenvalue weighted by Crippen LogP contribution is -2.35. The molecule has 1 amide bonds. The van der Waals surface area contributed by atoms with Crippen LogP contribution in [0.1, 0.15) is 17.3 Å². The Kier molecular flexibility index (Phi) is 5.61. The highest BCUT2D eigenvalue weighted by Gasteiger charge is 2.17. The van der Waals surface area contributed by atoms with Crippen LogP contribution in [0.15, 0.2) is 53.3 Å². The van der Waals surface area contributed by atoms with Crippen molar-refractivity contribution in [2.75, 3.05) is 20.6 Å². The number of aromatic nitrogens is 2. The molecule has 1 aromatic heterocycles. The van der Waals surface area contributed by atoms with Gasteiger partial charge in [0.05, 0.1) is 23.5 Å². The van der Waals surface area contributed by atoms with Crippen molar-refractivity contribution in [1.29, 1.82) is 0 Å². The number of nitrogens with zero attached hydrogens (tertiary/aromatic N) is 2. The van der Waals surface area contributed by atoms with Crippen LogP contribution in [0, 0.1) is 5.82 Å². The highest BCUT2D eigenvalue weighted by Crippen LogP contribution is 2.18. The molecule has 7 heteroatoms. The van der Waals surface area contributed by atoms with E-state index in [0.29, 0.717) is 23.0 Å². The van der Waals surface area contributed by atoms with Crippen molar-refractivity contribution in [3.05, 3.63) is 76.0 Å². The number of aromatic amines is 1. The summed E-state index contributed by atoms with van der Waals surface area (Å²) >= 11 is 0. The molecular formula is C20H21FN4O2. The van der Waals surface area contributed by atoms with Gasteiger partial charge in [0.25, 0.3) is 5.56 Å². The lowest BCUT2D eigenvalue weighted by Gasteiger charge is -2.25. The summed E-state index contributed by atoms with van der Waals surface area (Å²) in [5, 5.41) is 10.5. The first kappa shape index (κ1) is 18.7. The van der Waals surface area contributed by atoms with E-state index in [2.05, 4.69) is 15.5 Å². The normalized spacial score (nSPS) is 12.3. The molecule has 6 nitrogen and oxygen atoms in total. The van der Waals surface area contributed by atoms with Gasteiger partial charge in [-0.2, -0.15) is 5.10 Å². The van der Waals surface area contributed by atoms with E-state index in [0.717, 1.165) is 5.56 Å². The number of H-pyrrole nitrogens is 1. The second kappa shape index (κ2) is 8.09. The van der Waals surface area contributed by atoms with Crippen molar-refractivity contribution in [2.45, 2.75) is 12.5 Å². The number of rotatable bonds is 6. The summed E-state index contributed by atoms with van der Waals surface area (Å²) < 4.78 is 13.5. The van der Waals surface area contributed by atoms with Crippen molar-refractivity contribution in [1.82, 2.24) is 20.4 Å². The minimum absolute atomic E-state index is 0.0423. The maximum absolute atomic E-state index is 13.5. The highest BCUT2D eigenvalue weighted by atomic mass is 19.1. The first-order valence-corrected chi connectivity index (χ1v) is 8.60. The van der Waals surface area contributed by atoms with E-state index in [-0.39, 0.29) is 29.7 Å². The molecule has 3 rings (SSSR count). The topological polar surface area (TPSA) is 78.1 Å². The Balaban J connectivity index is 1.72. The van der Waals surface area contributed by atoms with E-state index in [1.54, 1.807) is 30.3 Å². The van der Waals surface area contributed by atoms with Crippen molar-refractivity contribution in [3.63, 3.8) is 0 Å². The quantitative estimate of drug-likeness (QED) is 0.698. The summed E-state index contributed by atoms with van der Waals surface area (Å²) in [4.78, 5) is 26.2. The molecule has 0 radical (unpaired) electrons. The predicted octanol–water partition coefficient (Wildman–Crippen LogP) is 2.02. The number of hydrogen-bond acceptors (Lipinski definition) is 4. The number of amides is 1. The molecule has 1 heterocycles. The Morgan fingerprint density at radius 3 is 2.63 bits per heavy atom. The lowest BCUT2D eigenvalue weighted by molar-refractivity contribution is -0.120. The second-order valence-electron chi connectivity index (χ2n) is 6.56. The third-order valence-corrected chi connectivity index (χ3v) is 4.45. The summed E-state index contributed by atoms with van der Waals surface area (Å²) in [6.07, 6.45) is 0.0423. The van der Waals surface area contributed by atoms with Gasteiger partial charge in [0.1, 0.15) is 5.82 Å². The van der Waals surface area contributed by atoms with E-state index < -0.39 is 0 Å². The number of fused-ring (bicyclic) bond motifs is 1. The van der Waals surface area contributed by atoms with E-state index in [9.17, 15) is 14.0 Å². The second-order valence-corrected chi connectivity index (χ2v) is 6.56. The fraction of sp³-hybridized carbons (Fsp3) is 0.250. The number of hydrogen-bond donors (Lipinski definition) is 2. The molecule has 0 spiro atoms. The lowest BCUT2D eigenvalue weighted by atomic mass is 10.1. The zero-order valence-electron chi connectivity index (χ0n) is 15.2. The molecule has 0 fully saturated rings. The van der Waals surface area contributed by atoms with Crippen molar-refractivity contribution in [3.8, 4) is 0 Å². The number of benzene rings is 2. The smallest absolute Gasteiger partial charge is 0.272 e. The van der Waals surface area contributed by atoms with Crippen molar-refractivity contribution >= 4 is 16.7 Å². The van der Waals surface area contributed by atoms with Crippen LogP contribution in [-0.2, 0) is 11.2 Å². The zero-order valence-corrected chi connectivity index (χ0v) is 15.2. The third-order valence-electron chi connectivity index (χ3n) is 4.45. The number of halogens is 1. The Labute approximate surface area is 156 Å². The van der Waals surface area contributed by atoms with Gasteiger partial charge < -0.3 is 10.2 Å². The van der Waals surface area contributed by atoms with Gasteiger partial charge in [-0.3, -0.25) is 9.59 Å². The first-order valence-electron chi connectivity index (χ1n) is 8.60. The van der Waals surface area contributed by atoms with Gasteiger partial charge in [-0.1, -0.05) is 30.3 Å². The van der Waals surface area contributed by atoms with Gasteiger partial charge in [-0.05, 0) is 37.9 Å². The van der Waals surface area contributed by atoms with Crippen molar-refractivity contribution < 1.29 is 9.18 Å². The summed E-state index contributed by atoms with van der Waals surface area (Å²) in [5.74, 6) is -0.530. The molecule has 3 aromatic rings. The Morgan fingerprint density at radius 1 is 1.19 bits per heavy atom. The van der Waals surface area contributed by atoms with Crippen molar-refractivity contribution in [2.24, 2.45) is 0 Å². The van der Waals surface area contributed by atoms with Gasteiger partial charge in [0.15, 0.2) is 0 Å². The molecule has 0 unspecified atom stereocenters. The van der Waals surface area contributed by atoms with E-state index >= 15 is 0 Å². The van der Waals surface area contributed by atoms with Crippen LogP contribution in [-0.4, -0.2) is 41.6 Å². The van der Waals surface area contributed by atoms with Gasteiger partial charge in [-0.15, -0.1) is 0 Å². The Morgan fingerprint density at radius 2 is 1.93 bits per heavy atom. The first-order chi connectivity index (χ1) is 13.0. The molecule has 27 heavy (non-hydrogen) atoms. The fourth-order valence-electron chi connectivity index (χ4n) is 3.04. The van der Waals surface area contributed by atoms with Crippen LogP contribution < -0.4 is 10.9 Å².